The number of benzene rings is 1. The molecule has 0 spiro atoms. The molecule has 102 valence electrons. The molecule has 0 saturated carbocycles. The minimum Gasteiger partial charge on any atom is -0.325 e. The van der Waals surface area contributed by atoms with Gasteiger partial charge in [0.25, 0.3) is 0 Å². The van der Waals surface area contributed by atoms with E-state index in [-0.39, 0.29) is 11.7 Å². The van der Waals surface area contributed by atoms with Crippen molar-refractivity contribution >= 4 is 40.3 Å². The van der Waals surface area contributed by atoms with Gasteiger partial charge < -0.3 is 5.32 Å². The van der Waals surface area contributed by atoms with Gasteiger partial charge in [0.2, 0.25) is 11.7 Å². The van der Waals surface area contributed by atoms with Crippen molar-refractivity contribution in [3.05, 3.63) is 49.7 Å². The first-order valence-corrected chi connectivity index (χ1v) is 7.39. The summed E-state index contributed by atoms with van der Waals surface area (Å²) in [5.74, 6) is -0.151. The SMILES string of the molecule is Cc1cc(C(=O)c2cc3c(cc2Cl)NC(=O)C3)sc1C. The van der Waals surface area contributed by atoms with E-state index in [0.29, 0.717) is 27.6 Å². The monoisotopic (exact) mass is 305 g/mol. The zero-order valence-electron chi connectivity index (χ0n) is 11.0. The summed E-state index contributed by atoms with van der Waals surface area (Å²) in [5.41, 5.74) is 3.10. The van der Waals surface area contributed by atoms with Crippen LogP contribution in [0.3, 0.4) is 0 Å². The molecule has 0 unspecified atom stereocenters. The standard InChI is InChI=1S/C15H12ClNO2S/c1-7-3-13(20-8(7)2)15(19)10-4-9-5-14(18)17-12(9)6-11(10)16/h3-4,6H,5H2,1-2H3,(H,17,18). The molecule has 1 aromatic heterocycles. The maximum absolute atomic E-state index is 12.5. The van der Waals surface area contributed by atoms with Gasteiger partial charge in [0.1, 0.15) is 0 Å². The summed E-state index contributed by atoms with van der Waals surface area (Å²) < 4.78 is 0. The van der Waals surface area contributed by atoms with Crippen LogP contribution in [0.25, 0.3) is 0 Å². The second-order valence-corrected chi connectivity index (χ2v) is 6.56. The fourth-order valence-corrected chi connectivity index (χ4v) is 3.48. The minimum atomic E-state index is -0.0849. The average molecular weight is 306 g/mol. The van der Waals surface area contributed by atoms with E-state index in [4.69, 9.17) is 11.6 Å². The number of ketones is 1. The fourth-order valence-electron chi connectivity index (χ4n) is 2.24. The number of fused-ring (bicyclic) bond motifs is 1. The molecule has 0 atom stereocenters. The molecule has 2 heterocycles. The van der Waals surface area contributed by atoms with Crippen molar-refractivity contribution in [1.82, 2.24) is 0 Å². The number of hydrogen-bond donors (Lipinski definition) is 1. The highest BCUT2D eigenvalue weighted by molar-refractivity contribution is 7.14. The molecule has 0 fully saturated rings. The summed E-state index contributed by atoms with van der Waals surface area (Å²) in [7, 11) is 0. The zero-order valence-corrected chi connectivity index (χ0v) is 12.6. The van der Waals surface area contributed by atoms with Crippen LogP contribution in [0, 0.1) is 13.8 Å². The number of rotatable bonds is 2. The van der Waals surface area contributed by atoms with E-state index < -0.39 is 0 Å². The number of anilines is 1. The number of aryl methyl sites for hydroxylation is 2. The van der Waals surface area contributed by atoms with Gasteiger partial charge in [-0.05, 0) is 43.2 Å². The second kappa shape index (κ2) is 4.72. The van der Waals surface area contributed by atoms with E-state index in [2.05, 4.69) is 5.32 Å². The summed E-state index contributed by atoms with van der Waals surface area (Å²) in [6.07, 6.45) is 0.301. The Labute approximate surface area is 125 Å². The molecule has 1 aliphatic rings. The van der Waals surface area contributed by atoms with Crippen LogP contribution in [0.4, 0.5) is 5.69 Å². The van der Waals surface area contributed by atoms with Gasteiger partial charge in [-0.25, -0.2) is 0 Å². The molecule has 0 radical (unpaired) electrons. The fraction of sp³-hybridized carbons (Fsp3) is 0.200. The van der Waals surface area contributed by atoms with Crippen LogP contribution in [0.2, 0.25) is 5.02 Å². The first kappa shape index (κ1) is 13.3. The highest BCUT2D eigenvalue weighted by atomic mass is 35.5. The van der Waals surface area contributed by atoms with Gasteiger partial charge in [-0.15, -0.1) is 11.3 Å². The van der Waals surface area contributed by atoms with Crippen molar-refractivity contribution in [2.24, 2.45) is 0 Å². The minimum absolute atomic E-state index is 0.0662. The predicted octanol–water partition coefficient (Wildman–Crippen LogP) is 3.74. The Balaban J connectivity index is 2.04. The molecule has 1 amide bonds. The molecule has 2 aromatic rings. The lowest BCUT2D eigenvalue weighted by Gasteiger charge is -2.05. The smallest absolute Gasteiger partial charge is 0.228 e. The third-order valence-corrected chi connectivity index (χ3v) is 4.92. The Morgan fingerprint density at radius 2 is 2.05 bits per heavy atom. The number of nitrogens with one attached hydrogen (secondary N) is 1. The Hall–Kier alpha value is -1.65. The lowest BCUT2D eigenvalue weighted by Crippen LogP contribution is -2.03. The topological polar surface area (TPSA) is 46.2 Å². The first-order chi connectivity index (χ1) is 9.45. The van der Waals surface area contributed by atoms with Crippen LogP contribution in [-0.2, 0) is 11.2 Å². The molecule has 1 N–H and O–H groups in total. The van der Waals surface area contributed by atoms with Gasteiger partial charge in [0, 0.05) is 16.1 Å². The molecule has 1 aromatic carbocycles. The molecule has 1 aliphatic heterocycles. The van der Waals surface area contributed by atoms with E-state index in [1.54, 1.807) is 12.1 Å². The summed E-state index contributed by atoms with van der Waals surface area (Å²) in [6.45, 7) is 3.97. The highest BCUT2D eigenvalue weighted by Gasteiger charge is 2.23. The molecule has 0 saturated heterocycles. The van der Waals surface area contributed by atoms with Gasteiger partial charge in [-0.3, -0.25) is 9.59 Å². The maximum Gasteiger partial charge on any atom is 0.228 e. The van der Waals surface area contributed by atoms with Crippen LogP contribution in [0.1, 0.15) is 31.2 Å². The Morgan fingerprint density at radius 1 is 1.30 bits per heavy atom. The van der Waals surface area contributed by atoms with E-state index in [1.165, 1.54) is 11.3 Å². The van der Waals surface area contributed by atoms with Crippen molar-refractivity contribution in [3.8, 4) is 0 Å². The largest absolute Gasteiger partial charge is 0.325 e. The number of amides is 1. The van der Waals surface area contributed by atoms with Crippen molar-refractivity contribution in [2.45, 2.75) is 20.3 Å². The van der Waals surface area contributed by atoms with Crippen molar-refractivity contribution < 1.29 is 9.59 Å². The van der Waals surface area contributed by atoms with E-state index >= 15 is 0 Å². The normalized spacial score (nSPS) is 13.2. The molecule has 3 rings (SSSR count). The van der Waals surface area contributed by atoms with Crippen LogP contribution in [-0.4, -0.2) is 11.7 Å². The molecular formula is C15H12ClNO2S. The second-order valence-electron chi connectivity index (χ2n) is 4.89. The predicted molar refractivity (Wildman–Crippen MR) is 81.0 cm³/mol. The quantitative estimate of drug-likeness (QED) is 0.859. The number of halogens is 1. The van der Waals surface area contributed by atoms with E-state index in [1.807, 2.05) is 19.9 Å². The van der Waals surface area contributed by atoms with Crippen LogP contribution in [0.15, 0.2) is 18.2 Å². The number of hydrogen-bond acceptors (Lipinski definition) is 3. The Morgan fingerprint density at radius 3 is 2.70 bits per heavy atom. The molecule has 0 bridgehead atoms. The summed E-state index contributed by atoms with van der Waals surface area (Å²) in [5, 5.41) is 3.10. The lowest BCUT2D eigenvalue weighted by molar-refractivity contribution is -0.115. The summed E-state index contributed by atoms with van der Waals surface area (Å²) >= 11 is 7.65. The molecule has 20 heavy (non-hydrogen) atoms. The number of carbonyl (C=O) groups excluding carboxylic acids is 2. The van der Waals surface area contributed by atoms with Crippen LogP contribution >= 0.6 is 22.9 Å². The third kappa shape index (κ3) is 2.15. The van der Waals surface area contributed by atoms with E-state index in [0.717, 1.165) is 16.0 Å². The maximum atomic E-state index is 12.5. The van der Waals surface area contributed by atoms with Crippen molar-refractivity contribution in [2.75, 3.05) is 5.32 Å². The van der Waals surface area contributed by atoms with Gasteiger partial charge in [0.15, 0.2) is 0 Å². The molecule has 5 heteroatoms. The van der Waals surface area contributed by atoms with Gasteiger partial charge >= 0.3 is 0 Å². The average Bonchev–Trinajstić information content (AvgIpc) is 2.90. The molecule has 0 aliphatic carbocycles. The highest BCUT2D eigenvalue weighted by Crippen LogP contribution is 2.32. The number of thiophene rings is 1. The molecule has 3 nitrogen and oxygen atoms in total. The lowest BCUT2D eigenvalue weighted by atomic mass is 10.0. The molecular weight excluding hydrogens is 294 g/mol. The van der Waals surface area contributed by atoms with Gasteiger partial charge in [0.05, 0.1) is 16.3 Å². The Kier molecular flexibility index (Phi) is 3.15. The van der Waals surface area contributed by atoms with Crippen molar-refractivity contribution in [1.29, 1.82) is 0 Å². The summed E-state index contributed by atoms with van der Waals surface area (Å²) in [6, 6.07) is 5.26. The van der Waals surface area contributed by atoms with Gasteiger partial charge in [-0.2, -0.15) is 0 Å². The van der Waals surface area contributed by atoms with Crippen LogP contribution < -0.4 is 5.32 Å². The summed E-state index contributed by atoms with van der Waals surface area (Å²) in [4.78, 5) is 25.7. The zero-order chi connectivity index (χ0) is 14.4. The van der Waals surface area contributed by atoms with Crippen molar-refractivity contribution in [3.63, 3.8) is 0 Å². The number of carbonyl (C=O) groups is 2. The Bertz CT molecular complexity index is 729. The first-order valence-electron chi connectivity index (χ1n) is 6.19. The van der Waals surface area contributed by atoms with Crippen LogP contribution in [0.5, 0.6) is 0 Å². The third-order valence-electron chi connectivity index (χ3n) is 3.45. The van der Waals surface area contributed by atoms with Gasteiger partial charge in [-0.1, -0.05) is 11.6 Å². The van der Waals surface area contributed by atoms with E-state index in [9.17, 15) is 9.59 Å².